The molecular formula is C26H24ClF3N6O2. The molecule has 2 aromatic carbocycles. The molecule has 12 heteroatoms. The highest BCUT2D eigenvalue weighted by atomic mass is 35.5. The molecule has 2 heterocycles. The van der Waals surface area contributed by atoms with Gasteiger partial charge in [0, 0.05) is 49.2 Å². The number of hydrogen-bond acceptors (Lipinski definition) is 6. The summed E-state index contributed by atoms with van der Waals surface area (Å²) in [6.45, 7) is 1.64. The summed E-state index contributed by atoms with van der Waals surface area (Å²) in [5.74, 6) is -2.26. The smallest absolute Gasteiger partial charge is 0.372 e. The van der Waals surface area contributed by atoms with Crippen LogP contribution in [0.3, 0.4) is 0 Å². The number of halogens is 4. The maximum absolute atomic E-state index is 13.6. The van der Waals surface area contributed by atoms with Crippen LogP contribution in [0, 0.1) is 11.3 Å². The number of aromatic amines is 1. The predicted molar refractivity (Wildman–Crippen MR) is 140 cm³/mol. The fourth-order valence-corrected chi connectivity index (χ4v) is 4.33. The third kappa shape index (κ3) is 6.28. The van der Waals surface area contributed by atoms with Gasteiger partial charge in [-0.05, 0) is 55.7 Å². The van der Waals surface area contributed by atoms with Gasteiger partial charge in [0.15, 0.2) is 11.6 Å². The molecule has 0 radical (unpaired) electrons. The van der Waals surface area contributed by atoms with Crippen LogP contribution in [-0.4, -0.2) is 47.2 Å². The summed E-state index contributed by atoms with van der Waals surface area (Å²) < 4.78 is 39.6. The van der Waals surface area contributed by atoms with Gasteiger partial charge in [0.25, 0.3) is 5.91 Å². The quantitative estimate of drug-likeness (QED) is 0.232. The Labute approximate surface area is 221 Å². The molecular weight excluding hydrogens is 521 g/mol. The molecule has 4 rings (SSSR count). The zero-order valence-electron chi connectivity index (χ0n) is 20.1. The van der Waals surface area contributed by atoms with Crippen LogP contribution >= 0.6 is 11.6 Å². The number of Topliss-reactive ketones (excluding diaryl/α,β-unsaturated/α-hetero) is 1. The number of carbonyl (C=O) groups is 2. The number of rotatable bonds is 8. The van der Waals surface area contributed by atoms with Gasteiger partial charge in [-0.25, -0.2) is 4.98 Å². The normalized spacial score (nSPS) is 14.9. The number of piperidine rings is 1. The first-order valence-electron chi connectivity index (χ1n) is 11.8. The average molecular weight is 545 g/mol. The van der Waals surface area contributed by atoms with E-state index < -0.39 is 34.4 Å². The molecule has 3 N–H and O–H groups in total. The summed E-state index contributed by atoms with van der Waals surface area (Å²) in [6.07, 6.45) is 3.32. The van der Waals surface area contributed by atoms with Crippen LogP contribution in [0.5, 0.6) is 0 Å². The molecule has 3 aromatic rings. The summed E-state index contributed by atoms with van der Waals surface area (Å²) in [7, 11) is 0. The third-order valence-corrected chi connectivity index (χ3v) is 6.40. The van der Waals surface area contributed by atoms with Crippen LogP contribution in [0.15, 0.2) is 53.8 Å². The number of hydrogen-bond donors (Lipinski definition) is 3. The monoisotopic (exact) mass is 544 g/mol. The van der Waals surface area contributed by atoms with Gasteiger partial charge in [-0.3, -0.25) is 14.6 Å². The first-order valence-corrected chi connectivity index (χ1v) is 12.2. The van der Waals surface area contributed by atoms with Crippen molar-refractivity contribution in [2.75, 3.05) is 23.3 Å². The highest BCUT2D eigenvalue weighted by molar-refractivity contribution is 6.31. The second-order valence-corrected chi connectivity index (χ2v) is 9.07. The van der Waals surface area contributed by atoms with Crippen molar-refractivity contribution in [1.82, 2.24) is 9.97 Å². The summed E-state index contributed by atoms with van der Waals surface area (Å²) in [5.41, 5.74) is 0.0130. The molecule has 1 atom stereocenters. The molecule has 38 heavy (non-hydrogen) atoms. The minimum absolute atomic E-state index is 0.0527. The summed E-state index contributed by atoms with van der Waals surface area (Å²) >= 11 is 5.67. The molecule has 198 valence electrons. The van der Waals surface area contributed by atoms with Crippen molar-refractivity contribution in [3.05, 3.63) is 70.8 Å². The van der Waals surface area contributed by atoms with Crippen LogP contribution in [0.25, 0.3) is 0 Å². The van der Waals surface area contributed by atoms with E-state index in [1.54, 1.807) is 18.2 Å². The minimum atomic E-state index is -4.67. The van der Waals surface area contributed by atoms with Gasteiger partial charge in [0.05, 0.1) is 27.9 Å². The number of aliphatic imine (C=N–C) groups is 1. The van der Waals surface area contributed by atoms with Gasteiger partial charge in [0.2, 0.25) is 0 Å². The zero-order chi connectivity index (χ0) is 27.3. The van der Waals surface area contributed by atoms with Crippen molar-refractivity contribution in [2.45, 2.75) is 25.4 Å². The molecule has 1 saturated heterocycles. The Morgan fingerprint density at radius 1 is 1.16 bits per heavy atom. The lowest BCUT2D eigenvalue weighted by Gasteiger charge is -2.29. The topological polar surface area (TPSA) is 114 Å². The molecule has 8 nitrogen and oxygen atoms in total. The standard InChI is InChI=1S/C26H24ClF3N6O2/c27-21-6-4-17(12-20(21)26(28,29)30)34-15-16(14-31)23(37)19-13-18(36-10-2-1-3-11-36)5-7-22(19)35-25(38)24-32-8-9-33-24/h4-9,12-16,31H,1-3,10-11H2,(H,32,33)(H,35,38). The number of H-pyrrole nitrogens is 1. The van der Waals surface area contributed by atoms with Gasteiger partial charge in [-0.1, -0.05) is 11.6 Å². The lowest BCUT2D eigenvalue weighted by molar-refractivity contribution is -0.137. The van der Waals surface area contributed by atoms with Gasteiger partial charge in [-0.2, -0.15) is 13.2 Å². The SMILES string of the molecule is N=CC(C=Nc1ccc(Cl)c(C(F)(F)F)c1)C(=O)c1cc(N2CCCCC2)ccc1NC(=O)c1ncc[nH]1. The van der Waals surface area contributed by atoms with Crippen LogP contribution in [0.2, 0.25) is 5.02 Å². The second-order valence-electron chi connectivity index (χ2n) is 8.67. The Kier molecular flexibility index (Phi) is 8.26. The molecule has 0 bridgehead atoms. The fourth-order valence-electron chi connectivity index (χ4n) is 4.11. The Hall–Kier alpha value is -3.99. The summed E-state index contributed by atoms with van der Waals surface area (Å²) in [5, 5.41) is 10.0. The van der Waals surface area contributed by atoms with Crippen LogP contribution in [-0.2, 0) is 6.18 Å². The van der Waals surface area contributed by atoms with E-state index in [9.17, 15) is 22.8 Å². The van der Waals surface area contributed by atoms with Crippen LogP contribution in [0.4, 0.5) is 30.2 Å². The minimum Gasteiger partial charge on any atom is -0.372 e. The number of carbonyl (C=O) groups excluding carboxylic acids is 2. The Morgan fingerprint density at radius 2 is 1.92 bits per heavy atom. The number of alkyl halides is 3. The number of benzene rings is 2. The van der Waals surface area contributed by atoms with Crippen molar-refractivity contribution in [2.24, 2.45) is 10.9 Å². The van der Waals surface area contributed by atoms with Crippen LogP contribution < -0.4 is 10.2 Å². The summed E-state index contributed by atoms with van der Waals surface area (Å²) in [6, 6.07) is 8.20. The first kappa shape index (κ1) is 27.1. The maximum atomic E-state index is 13.6. The van der Waals surface area contributed by atoms with Gasteiger partial charge >= 0.3 is 6.18 Å². The van der Waals surface area contributed by atoms with Crippen molar-refractivity contribution in [1.29, 1.82) is 5.41 Å². The predicted octanol–water partition coefficient (Wildman–Crippen LogP) is 6.18. The number of amides is 1. The molecule has 1 aliphatic rings. The Bertz CT molecular complexity index is 1350. The number of nitrogens with zero attached hydrogens (tertiary/aromatic N) is 3. The van der Waals surface area contributed by atoms with Gasteiger partial charge in [0.1, 0.15) is 0 Å². The largest absolute Gasteiger partial charge is 0.417 e. The molecule has 1 fully saturated rings. The third-order valence-electron chi connectivity index (χ3n) is 6.07. The Morgan fingerprint density at radius 3 is 2.58 bits per heavy atom. The maximum Gasteiger partial charge on any atom is 0.417 e. The highest BCUT2D eigenvalue weighted by Crippen LogP contribution is 2.37. The lowest BCUT2D eigenvalue weighted by Crippen LogP contribution is -2.30. The van der Waals surface area contributed by atoms with Crippen molar-refractivity contribution < 1.29 is 22.8 Å². The van der Waals surface area contributed by atoms with E-state index in [-0.39, 0.29) is 22.8 Å². The number of imidazole rings is 1. The molecule has 1 amide bonds. The van der Waals surface area contributed by atoms with E-state index in [0.717, 1.165) is 62.6 Å². The summed E-state index contributed by atoms with van der Waals surface area (Å²) in [4.78, 5) is 39.0. The van der Waals surface area contributed by atoms with E-state index in [2.05, 4.69) is 25.2 Å². The Balaban J connectivity index is 1.65. The van der Waals surface area contributed by atoms with E-state index in [1.165, 1.54) is 18.5 Å². The van der Waals surface area contributed by atoms with E-state index in [1.807, 2.05) is 0 Å². The fraction of sp³-hybridized carbons (Fsp3) is 0.269. The molecule has 1 unspecified atom stereocenters. The van der Waals surface area contributed by atoms with Crippen molar-refractivity contribution in [3.63, 3.8) is 0 Å². The van der Waals surface area contributed by atoms with Crippen molar-refractivity contribution in [3.8, 4) is 0 Å². The number of aromatic nitrogens is 2. The molecule has 0 aliphatic carbocycles. The molecule has 0 spiro atoms. The van der Waals surface area contributed by atoms with Gasteiger partial charge in [-0.15, -0.1) is 0 Å². The molecule has 0 saturated carbocycles. The molecule has 1 aromatic heterocycles. The van der Waals surface area contributed by atoms with Gasteiger partial charge < -0.3 is 20.6 Å². The second kappa shape index (κ2) is 11.6. The van der Waals surface area contributed by atoms with E-state index in [4.69, 9.17) is 17.0 Å². The number of nitrogens with one attached hydrogen (secondary N) is 3. The van der Waals surface area contributed by atoms with E-state index in [0.29, 0.717) is 0 Å². The van der Waals surface area contributed by atoms with E-state index >= 15 is 0 Å². The lowest BCUT2D eigenvalue weighted by atomic mass is 9.96. The first-order chi connectivity index (χ1) is 18.2. The zero-order valence-corrected chi connectivity index (χ0v) is 20.8. The van der Waals surface area contributed by atoms with Crippen molar-refractivity contribution >= 4 is 52.8 Å². The molecule has 1 aliphatic heterocycles. The highest BCUT2D eigenvalue weighted by Gasteiger charge is 2.33. The number of anilines is 2. The van der Waals surface area contributed by atoms with Crippen LogP contribution in [0.1, 0.15) is 45.8 Å². The number of ketones is 1. The average Bonchev–Trinajstić information content (AvgIpc) is 3.45.